The molecule has 2 heterocycles. The molecule has 5 nitrogen and oxygen atoms in total. The Morgan fingerprint density at radius 3 is 3.08 bits per heavy atom. The largest absolute Gasteiger partial charge is 0.496 e. The minimum atomic E-state index is -0.0732. The van der Waals surface area contributed by atoms with Gasteiger partial charge in [0.2, 0.25) is 0 Å². The van der Waals surface area contributed by atoms with Crippen molar-refractivity contribution in [3.63, 3.8) is 0 Å². The van der Waals surface area contributed by atoms with Crippen LogP contribution in [0.15, 0.2) is 27.2 Å². The van der Waals surface area contributed by atoms with E-state index in [9.17, 15) is 4.79 Å². The van der Waals surface area contributed by atoms with Gasteiger partial charge in [0.25, 0.3) is 5.91 Å². The van der Waals surface area contributed by atoms with E-state index in [0.29, 0.717) is 12.2 Å². The number of methoxy groups -OCH3 is 1. The third-order valence-corrected chi connectivity index (χ3v) is 6.50. The number of thioether (sulfide) groups is 1. The van der Waals surface area contributed by atoms with Gasteiger partial charge in [-0.2, -0.15) is 0 Å². The highest BCUT2D eigenvalue weighted by Crippen LogP contribution is 2.43. The molecule has 0 saturated carbocycles. The lowest BCUT2D eigenvalue weighted by atomic mass is 9.96. The number of aromatic nitrogens is 1. The molecule has 0 radical (unpaired) electrons. The van der Waals surface area contributed by atoms with Gasteiger partial charge in [0.15, 0.2) is 5.69 Å². The van der Waals surface area contributed by atoms with E-state index in [1.165, 1.54) is 0 Å². The highest BCUT2D eigenvalue weighted by atomic mass is 79.9. The Bertz CT molecular complexity index is 808. The van der Waals surface area contributed by atoms with Crippen molar-refractivity contribution in [2.24, 2.45) is 0 Å². The highest BCUT2D eigenvalue weighted by Gasteiger charge is 2.36. The Labute approximate surface area is 159 Å². The maximum atomic E-state index is 13.2. The molecular weight excluding hydrogens is 404 g/mol. The second-order valence-electron chi connectivity index (χ2n) is 6.25. The molecule has 0 N–H and O–H groups in total. The van der Waals surface area contributed by atoms with Gasteiger partial charge in [-0.05, 0) is 37.5 Å². The summed E-state index contributed by atoms with van der Waals surface area (Å²) in [5.74, 6) is 2.54. The fraction of sp³-hybridized carbons (Fsp3) is 0.444. The quantitative estimate of drug-likeness (QED) is 0.740. The lowest BCUT2D eigenvalue weighted by molar-refractivity contribution is 0.0748. The Balaban J connectivity index is 1.67. The van der Waals surface area contributed by atoms with Crippen LogP contribution in [0.5, 0.6) is 5.75 Å². The lowest BCUT2D eigenvalue weighted by Gasteiger charge is -2.25. The van der Waals surface area contributed by atoms with Crippen LogP contribution in [0.1, 0.15) is 45.6 Å². The zero-order valence-corrected chi connectivity index (χ0v) is 16.4. The standard InChI is InChI=1S/C18H19BrN2O3S/c1-23-14-7-6-11(19)10-13(14)18-21(8-9-25-18)17(22)16-12-4-2-3-5-15(12)24-20-16/h6-7,10,18H,2-5,8-9H2,1H3. The van der Waals surface area contributed by atoms with E-state index in [2.05, 4.69) is 21.1 Å². The molecule has 1 fully saturated rings. The van der Waals surface area contributed by atoms with Gasteiger partial charge < -0.3 is 14.2 Å². The van der Waals surface area contributed by atoms with Crippen LogP contribution in [0.4, 0.5) is 0 Å². The smallest absolute Gasteiger partial charge is 0.277 e. The number of halogens is 1. The fourth-order valence-corrected chi connectivity index (χ4v) is 5.17. The third kappa shape index (κ3) is 3.08. The van der Waals surface area contributed by atoms with E-state index in [4.69, 9.17) is 9.26 Å². The molecule has 2 aliphatic rings. The number of hydrogen-bond acceptors (Lipinski definition) is 5. The Morgan fingerprint density at radius 1 is 1.40 bits per heavy atom. The molecule has 0 bridgehead atoms. The molecular formula is C18H19BrN2O3S. The summed E-state index contributed by atoms with van der Waals surface area (Å²) < 4.78 is 11.9. The third-order valence-electron chi connectivity index (χ3n) is 4.76. The van der Waals surface area contributed by atoms with Crippen LogP contribution in [-0.2, 0) is 12.8 Å². The van der Waals surface area contributed by atoms with Crippen LogP contribution in [-0.4, -0.2) is 35.4 Å². The molecule has 132 valence electrons. The molecule has 2 aromatic rings. The summed E-state index contributed by atoms with van der Waals surface area (Å²) in [4.78, 5) is 15.1. The van der Waals surface area contributed by atoms with Crippen LogP contribution >= 0.6 is 27.7 Å². The number of rotatable bonds is 3. The summed E-state index contributed by atoms with van der Waals surface area (Å²) in [6.45, 7) is 0.700. The maximum absolute atomic E-state index is 13.2. The van der Waals surface area contributed by atoms with Crippen molar-refractivity contribution in [1.82, 2.24) is 10.1 Å². The lowest BCUT2D eigenvalue weighted by Crippen LogP contribution is -2.31. The first-order valence-corrected chi connectivity index (χ1v) is 10.3. The number of amides is 1. The van der Waals surface area contributed by atoms with Crippen molar-refractivity contribution in [1.29, 1.82) is 0 Å². The van der Waals surface area contributed by atoms with Crippen molar-refractivity contribution >= 4 is 33.6 Å². The molecule has 1 aromatic carbocycles. The highest BCUT2D eigenvalue weighted by molar-refractivity contribution is 9.10. The van der Waals surface area contributed by atoms with Crippen LogP contribution in [0.2, 0.25) is 0 Å². The maximum Gasteiger partial charge on any atom is 0.277 e. The average Bonchev–Trinajstić information content (AvgIpc) is 3.28. The monoisotopic (exact) mass is 422 g/mol. The minimum absolute atomic E-state index is 0.0380. The SMILES string of the molecule is COc1ccc(Br)cc1C1SCCN1C(=O)c1noc2c1CCCC2. The summed E-state index contributed by atoms with van der Waals surface area (Å²) in [7, 11) is 1.66. The van der Waals surface area contributed by atoms with E-state index in [1.54, 1.807) is 18.9 Å². The normalized spacial score (nSPS) is 19.8. The first-order valence-electron chi connectivity index (χ1n) is 8.42. The van der Waals surface area contributed by atoms with E-state index >= 15 is 0 Å². The van der Waals surface area contributed by atoms with Crippen LogP contribution in [0, 0.1) is 0 Å². The first kappa shape index (κ1) is 17.0. The number of carbonyl (C=O) groups excluding carboxylic acids is 1. The Hall–Kier alpha value is -1.47. The summed E-state index contributed by atoms with van der Waals surface area (Å²) in [5.41, 5.74) is 2.51. The first-order chi connectivity index (χ1) is 12.2. The molecule has 1 unspecified atom stereocenters. The predicted molar refractivity (Wildman–Crippen MR) is 100 cm³/mol. The molecule has 1 aliphatic carbocycles. The summed E-state index contributed by atoms with van der Waals surface area (Å²) in [5, 5.41) is 4.04. The van der Waals surface area contributed by atoms with Gasteiger partial charge in [-0.25, -0.2) is 0 Å². The van der Waals surface area contributed by atoms with E-state index in [-0.39, 0.29) is 11.3 Å². The second kappa shape index (κ2) is 7.03. The predicted octanol–water partition coefficient (Wildman–Crippen LogP) is 4.21. The number of fused-ring (bicyclic) bond motifs is 1. The zero-order chi connectivity index (χ0) is 17.4. The van der Waals surface area contributed by atoms with Gasteiger partial charge >= 0.3 is 0 Å². The minimum Gasteiger partial charge on any atom is -0.496 e. The molecule has 1 aromatic heterocycles. The van der Waals surface area contributed by atoms with Gasteiger partial charge in [-0.3, -0.25) is 4.79 Å². The van der Waals surface area contributed by atoms with Gasteiger partial charge in [0.05, 0.1) is 7.11 Å². The van der Waals surface area contributed by atoms with Crippen molar-refractivity contribution in [2.75, 3.05) is 19.4 Å². The van der Waals surface area contributed by atoms with Crippen LogP contribution in [0.3, 0.4) is 0 Å². The van der Waals surface area contributed by atoms with E-state index in [0.717, 1.165) is 58.5 Å². The number of aryl methyl sites for hydroxylation is 1. The molecule has 1 amide bonds. The van der Waals surface area contributed by atoms with Crippen LogP contribution in [0.25, 0.3) is 0 Å². The van der Waals surface area contributed by atoms with Crippen molar-refractivity contribution in [3.8, 4) is 5.75 Å². The number of hydrogen-bond donors (Lipinski definition) is 0. The Morgan fingerprint density at radius 2 is 2.24 bits per heavy atom. The second-order valence-corrected chi connectivity index (χ2v) is 8.35. The molecule has 4 rings (SSSR count). The van der Waals surface area contributed by atoms with Crippen molar-refractivity contribution in [3.05, 3.63) is 45.3 Å². The number of carbonyl (C=O) groups is 1. The van der Waals surface area contributed by atoms with Gasteiger partial charge in [-0.15, -0.1) is 11.8 Å². The fourth-order valence-electron chi connectivity index (χ4n) is 3.52. The van der Waals surface area contributed by atoms with Crippen molar-refractivity contribution in [2.45, 2.75) is 31.1 Å². The average molecular weight is 423 g/mol. The summed E-state index contributed by atoms with van der Waals surface area (Å²) in [6, 6.07) is 5.90. The molecule has 25 heavy (non-hydrogen) atoms. The van der Waals surface area contributed by atoms with Gasteiger partial charge in [0.1, 0.15) is 16.9 Å². The molecule has 1 atom stereocenters. The van der Waals surface area contributed by atoms with Gasteiger partial charge in [0, 0.05) is 34.3 Å². The van der Waals surface area contributed by atoms with E-state index in [1.807, 2.05) is 23.1 Å². The molecule has 1 saturated heterocycles. The van der Waals surface area contributed by atoms with Gasteiger partial charge in [-0.1, -0.05) is 21.1 Å². The number of benzene rings is 1. The number of nitrogens with zero attached hydrogens (tertiary/aromatic N) is 2. The summed E-state index contributed by atoms with van der Waals surface area (Å²) in [6.07, 6.45) is 3.96. The zero-order valence-electron chi connectivity index (χ0n) is 14.0. The number of ether oxygens (including phenoxy) is 1. The molecule has 0 spiro atoms. The summed E-state index contributed by atoms with van der Waals surface area (Å²) >= 11 is 5.27. The topological polar surface area (TPSA) is 55.6 Å². The van der Waals surface area contributed by atoms with Crippen molar-refractivity contribution < 1.29 is 14.1 Å². The van der Waals surface area contributed by atoms with Crippen LogP contribution < -0.4 is 4.74 Å². The van der Waals surface area contributed by atoms with E-state index < -0.39 is 0 Å². The molecule has 7 heteroatoms. The molecule has 1 aliphatic heterocycles. The Kier molecular flexibility index (Phi) is 4.78.